The van der Waals surface area contributed by atoms with Crippen molar-refractivity contribution in [3.05, 3.63) is 105 Å². The molecule has 0 saturated heterocycles. The molecule has 0 aliphatic heterocycles. The van der Waals surface area contributed by atoms with Crippen molar-refractivity contribution in [3.63, 3.8) is 0 Å². The number of aromatic nitrogens is 1. The lowest BCUT2D eigenvalue weighted by Gasteiger charge is -2.22. The number of nitrogens with zero attached hydrogens (tertiary/aromatic N) is 4. The highest BCUT2D eigenvalue weighted by Crippen LogP contribution is 2.36. The second-order valence-electron chi connectivity index (χ2n) is 13.0. The predicted octanol–water partition coefficient (Wildman–Crippen LogP) is 4.89. The van der Waals surface area contributed by atoms with Crippen LogP contribution in [0, 0.1) is 25.2 Å². The van der Waals surface area contributed by atoms with Gasteiger partial charge >= 0.3 is 0 Å². The van der Waals surface area contributed by atoms with Gasteiger partial charge < -0.3 is 39.5 Å². The summed E-state index contributed by atoms with van der Waals surface area (Å²) in [6, 6.07) is 19.5. The van der Waals surface area contributed by atoms with Crippen LogP contribution >= 0.6 is 11.6 Å². The molecule has 12 heteroatoms. The Labute approximate surface area is 311 Å². The molecule has 2 atom stereocenters. The van der Waals surface area contributed by atoms with Crippen molar-refractivity contribution < 1.29 is 34.6 Å². The molecule has 1 aromatic heterocycles. The summed E-state index contributed by atoms with van der Waals surface area (Å²) in [5.74, 6) is 1.78. The van der Waals surface area contributed by atoms with Crippen LogP contribution in [0.15, 0.2) is 67.0 Å². The zero-order valence-corrected chi connectivity index (χ0v) is 31.0. The molecule has 0 spiro atoms. The van der Waals surface area contributed by atoms with E-state index in [9.17, 15) is 20.6 Å². The summed E-state index contributed by atoms with van der Waals surface area (Å²) >= 11 is 6.77. The highest BCUT2D eigenvalue weighted by Gasteiger charge is 2.17. The number of aliphatic hydroxyl groups excluding tert-OH is 4. The van der Waals surface area contributed by atoms with Crippen LogP contribution in [0.2, 0.25) is 5.02 Å². The lowest BCUT2D eigenvalue weighted by Crippen LogP contribution is -2.32. The molecular weight excluding hydrogens is 684 g/mol. The van der Waals surface area contributed by atoms with Gasteiger partial charge in [-0.05, 0) is 80.4 Å². The van der Waals surface area contributed by atoms with Gasteiger partial charge in [0.2, 0.25) is 0 Å². The third-order valence-electron chi connectivity index (χ3n) is 8.69. The fourth-order valence-corrected chi connectivity index (χ4v) is 6.12. The van der Waals surface area contributed by atoms with Crippen molar-refractivity contribution in [1.29, 1.82) is 5.26 Å². The Morgan fingerprint density at radius 1 is 0.788 bits per heavy atom. The normalized spacial score (nSPS) is 12.5. The number of aliphatic hydroxyl groups is 4. The summed E-state index contributed by atoms with van der Waals surface area (Å²) in [6.45, 7) is 6.22. The molecular formula is C40H49ClN4O7. The summed E-state index contributed by atoms with van der Waals surface area (Å²) in [6.07, 6.45) is 2.27. The molecule has 0 amide bonds. The molecule has 4 aromatic rings. The van der Waals surface area contributed by atoms with Gasteiger partial charge in [-0.15, -0.1) is 0 Å². The standard InChI is InChI=1S/C40H49ClN4O7/c1-27-31(8-5-9-35(27)36-10-6-11-38(28(36)2)50-13-7-12-44(3)21-33(48)23-46)26-52-40-16-39(51-25-30-14-29(17-42)18-43-19-30)32(15-37(40)41)20-45(4)22-34(49)24-47/h5-6,8-11,14-16,18-19,33-34,46-49H,7,12-13,20-26H2,1-4H3. The van der Waals surface area contributed by atoms with Crippen LogP contribution in [0.25, 0.3) is 11.1 Å². The van der Waals surface area contributed by atoms with E-state index in [0.29, 0.717) is 41.8 Å². The zero-order chi connectivity index (χ0) is 37.6. The van der Waals surface area contributed by atoms with Crippen LogP contribution in [0.4, 0.5) is 0 Å². The molecule has 52 heavy (non-hydrogen) atoms. The van der Waals surface area contributed by atoms with E-state index in [4.69, 9.17) is 30.9 Å². The number of pyridine rings is 1. The highest BCUT2D eigenvalue weighted by molar-refractivity contribution is 6.32. The average molecular weight is 733 g/mol. The monoisotopic (exact) mass is 732 g/mol. The molecule has 0 aliphatic rings. The Morgan fingerprint density at radius 3 is 2.17 bits per heavy atom. The van der Waals surface area contributed by atoms with E-state index in [1.807, 2.05) is 48.2 Å². The minimum absolute atomic E-state index is 0.161. The second-order valence-corrected chi connectivity index (χ2v) is 13.4. The Hall–Kier alpha value is -4.25. The topological polar surface area (TPSA) is 152 Å². The fraction of sp³-hybridized carbons (Fsp3) is 0.400. The van der Waals surface area contributed by atoms with Crippen molar-refractivity contribution >= 4 is 11.6 Å². The van der Waals surface area contributed by atoms with Crippen LogP contribution in [-0.2, 0) is 19.8 Å². The third-order valence-corrected chi connectivity index (χ3v) is 8.98. The van der Waals surface area contributed by atoms with E-state index in [0.717, 1.165) is 57.7 Å². The Bertz CT molecular complexity index is 1800. The van der Waals surface area contributed by atoms with Crippen LogP contribution in [-0.4, -0.2) is 101 Å². The van der Waals surface area contributed by atoms with Crippen LogP contribution in [0.5, 0.6) is 17.2 Å². The maximum Gasteiger partial charge on any atom is 0.142 e. The maximum absolute atomic E-state index is 9.96. The molecule has 4 rings (SSSR count). The van der Waals surface area contributed by atoms with Crippen molar-refractivity contribution in [2.75, 3.05) is 53.6 Å². The molecule has 1 heterocycles. The summed E-state index contributed by atoms with van der Waals surface area (Å²) in [5.41, 5.74) is 7.12. The van der Waals surface area contributed by atoms with E-state index >= 15 is 0 Å². The third kappa shape index (κ3) is 11.6. The maximum atomic E-state index is 9.96. The number of rotatable bonds is 20. The van der Waals surface area contributed by atoms with Crippen molar-refractivity contribution in [1.82, 2.24) is 14.8 Å². The number of halogens is 1. The number of hydrogen-bond acceptors (Lipinski definition) is 11. The molecule has 278 valence electrons. The van der Waals surface area contributed by atoms with Crippen LogP contribution < -0.4 is 14.2 Å². The van der Waals surface area contributed by atoms with Gasteiger partial charge in [-0.1, -0.05) is 41.9 Å². The molecule has 0 bridgehead atoms. The SMILES string of the molecule is Cc1c(COc2cc(OCc3cncc(C#N)c3)c(CN(C)CC(O)CO)cc2Cl)cccc1-c1cccc(OCCCN(C)CC(O)CO)c1C. The predicted molar refractivity (Wildman–Crippen MR) is 201 cm³/mol. The smallest absolute Gasteiger partial charge is 0.142 e. The Balaban J connectivity index is 1.50. The lowest BCUT2D eigenvalue weighted by molar-refractivity contribution is 0.0645. The van der Waals surface area contributed by atoms with Crippen LogP contribution in [0.3, 0.4) is 0 Å². The van der Waals surface area contributed by atoms with Crippen LogP contribution in [0.1, 0.15) is 39.8 Å². The first-order chi connectivity index (χ1) is 25.0. The molecule has 3 aromatic carbocycles. The molecule has 0 radical (unpaired) electrons. The zero-order valence-electron chi connectivity index (χ0n) is 30.3. The number of likely N-dealkylation sites (N-methyl/N-ethyl adjacent to an activating group) is 2. The summed E-state index contributed by atoms with van der Waals surface area (Å²) in [5, 5.41) is 47.7. The highest BCUT2D eigenvalue weighted by atomic mass is 35.5. The Kier molecular flexibility index (Phi) is 15.7. The van der Waals surface area contributed by atoms with E-state index in [1.54, 1.807) is 24.4 Å². The number of benzene rings is 3. The van der Waals surface area contributed by atoms with Crippen molar-refractivity contribution in [3.8, 4) is 34.4 Å². The summed E-state index contributed by atoms with van der Waals surface area (Å²) in [4.78, 5) is 7.96. The molecule has 0 fully saturated rings. The fourth-order valence-electron chi connectivity index (χ4n) is 5.88. The van der Waals surface area contributed by atoms with Gasteiger partial charge in [0.25, 0.3) is 0 Å². The van der Waals surface area contributed by atoms with Gasteiger partial charge in [0.05, 0.1) is 42.6 Å². The van der Waals surface area contributed by atoms with Gasteiger partial charge in [-0.3, -0.25) is 9.88 Å². The molecule has 0 aliphatic carbocycles. The van der Waals surface area contributed by atoms with Gasteiger partial charge in [0, 0.05) is 55.8 Å². The van der Waals surface area contributed by atoms with Gasteiger partial charge in [0.1, 0.15) is 36.5 Å². The van der Waals surface area contributed by atoms with Crippen molar-refractivity contribution in [2.45, 2.75) is 52.2 Å². The second kappa shape index (κ2) is 20.1. The number of nitriles is 1. The summed E-state index contributed by atoms with van der Waals surface area (Å²) < 4.78 is 18.7. The van der Waals surface area contributed by atoms with Gasteiger partial charge in [-0.2, -0.15) is 5.26 Å². The minimum atomic E-state index is -0.887. The first-order valence-electron chi connectivity index (χ1n) is 17.2. The van der Waals surface area contributed by atoms with E-state index < -0.39 is 12.2 Å². The average Bonchev–Trinajstić information content (AvgIpc) is 3.13. The number of ether oxygens (including phenoxy) is 3. The number of hydrogen-bond donors (Lipinski definition) is 4. The largest absolute Gasteiger partial charge is 0.493 e. The van der Waals surface area contributed by atoms with Gasteiger partial charge in [-0.25, -0.2) is 0 Å². The van der Waals surface area contributed by atoms with E-state index in [-0.39, 0.29) is 33.0 Å². The minimum Gasteiger partial charge on any atom is -0.493 e. The van der Waals surface area contributed by atoms with E-state index in [1.165, 1.54) is 6.20 Å². The molecule has 2 unspecified atom stereocenters. The first kappa shape index (κ1) is 40.5. The molecule has 11 nitrogen and oxygen atoms in total. The lowest BCUT2D eigenvalue weighted by atomic mass is 9.93. The van der Waals surface area contributed by atoms with E-state index in [2.05, 4.69) is 37.0 Å². The quantitative estimate of drug-likeness (QED) is 0.0920. The first-order valence-corrected chi connectivity index (χ1v) is 17.6. The van der Waals surface area contributed by atoms with Crippen molar-refractivity contribution in [2.24, 2.45) is 0 Å². The molecule has 4 N–H and O–H groups in total. The summed E-state index contributed by atoms with van der Waals surface area (Å²) in [7, 11) is 3.74. The van der Waals surface area contributed by atoms with Gasteiger partial charge in [0.15, 0.2) is 0 Å². The Morgan fingerprint density at radius 2 is 1.46 bits per heavy atom. The molecule has 0 saturated carbocycles.